The summed E-state index contributed by atoms with van der Waals surface area (Å²) >= 11 is 0. The van der Waals surface area contributed by atoms with Crippen LogP contribution in [0.4, 0.5) is 0 Å². The van der Waals surface area contributed by atoms with Crippen LogP contribution in [0.1, 0.15) is 6.92 Å². The van der Waals surface area contributed by atoms with Crippen LogP contribution in [0.25, 0.3) is 0 Å². The van der Waals surface area contributed by atoms with E-state index in [4.69, 9.17) is 10.8 Å². The van der Waals surface area contributed by atoms with Crippen LogP contribution in [0, 0.1) is 0 Å². The Balaban J connectivity index is 2.92. The van der Waals surface area contributed by atoms with Crippen molar-refractivity contribution in [2.24, 2.45) is 5.73 Å². The molecule has 4 N–H and O–H groups in total. The van der Waals surface area contributed by atoms with Gasteiger partial charge in [0, 0.05) is 0 Å². The number of rotatable bonds is 2. The molecule has 0 aromatic carbocycles. The van der Waals surface area contributed by atoms with E-state index >= 15 is 0 Å². The Bertz CT molecular complexity index is 297. The lowest BCUT2D eigenvalue weighted by atomic mass is 9.89. The van der Waals surface area contributed by atoms with Crippen LogP contribution < -0.4 is 5.73 Å². The highest BCUT2D eigenvalue weighted by Gasteiger charge is 2.41. The standard InChI is InChI=1S/C9H13NO4/c1-2-14-8(13)9(10)5-6(11)3-4-7(9)12/h3-5,7,11-12H,2,10H2,1H3. The summed E-state index contributed by atoms with van der Waals surface area (Å²) in [5.41, 5.74) is 3.92. The second-order valence-electron chi connectivity index (χ2n) is 3.03. The Hall–Kier alpha value is -1.33. The minimum absolute atomic E-state index is 0.161. The lowest BCUT2D eigenvalue weighted by Gasteiger charge is -2.29. The maximum absolute atomic E-state index is 11.4. The van der Waals surface area contributed by atoms with E-state index in [1.807, 2.05) is 0 Å². The molecule has 1 aliphatic carbocycles. The molecule has 0 aliphatic heterocycles. The molecular weight excluding hydrogens is 186 g/mol. The Labute approximate surface area is 81.5 Å². The van der Waals surface area contributed by atoms with Crippen LogP contribution in [0.3, 0.4) is 0 Å². The van der Waals surface area contributed by atoms with Gasteiger partial charge in [-0.15, -0.1) is 0 Å². The summed E-state index contributed by atoms with van der Waals surface area (Å²) in [6.07, 6.45) is 2.41. The van der Waals surface area contributed by atoms with E-state index in [1.54, 1.807) is 6.92 Å². The van der Waals surface area contributed by atoms with Crippen molar-refractivity contribution >= 4 is 5.97 Å². The van der Waals surface area contributed by atoms with Crippen molar-refractivity contribution < 1.29 is 19.7 Å². The van der Waals surface area contributed by atoms with Gasteiger partial charge in [0.1, 0.15) is 11.9 Å². The second-order valence-corrected chi connectivity index (χ2v) is 3.03. The summed E-state index contributed by atoms with van der Waals surface area (Å²) in [6.45, 7) is 1.80. The first kappa shape index (κ1) is 10.7. The number of aliphatic hydroxyl groups excluding tert-OH is 2. The van der Waals surface area contributed by atoms with Gasteiger partial charge in [-0.2, -0.15) is 0 Å². The van der Waals surface area contributed by atoms with Crippen LogP contribution in [-0.2, 0) is 9.53 Å². The minimum atomic E-state index is -1.69. The fourth-order valence-corrected chi connectivity index (χ4v) is 1.16. The molecule has 1 rings (SSSR count). The largest absolute Gasteiger partial charge is 0.508 e. The number of aliphatic hydroxyl groups is 2. The number of nitrogens with two attached hydrogens (primary N) is 1. The molecule has 14 heavy (non-hydrogen) atoms. The normalized spacial score (nSPS) is 31.1. The third-order valence-corrected chi connectivity index (χ3v) is 1.95. The highest BCUT2D eigenvalue weighted by atomic mass is 16.5. The molecule has 78 valence electrons. The molecule has 0 spiro atoms. The van der Waals surface area contributed by atoms with E-state index < -0.39 is 17.6 Å². The number of allylic oxidation sites excluding steroid dienone is 1. The van der Waals surface area contributed by atoms with Gasteiger partial charge < -0.3 is 20.7 Å². The first-order valence-electron chi connectivity index (χ1n) is 4.25. The monoisotopic (exact) mass is 199 g/mol. The van der Waals surface area contributed by atoms with Gasteiger partial charge in [-0.3, -0.25) is 0 Å². The third kappa shape index (κ3) is 1.78. The Kier molecular flexibility index (Phi) is 2.93. The zero-order valence-electron chi connectivity index (χ0n) is 7.80. The van der Waals surface area contributed by atoms with Crippen molar-refractivity contribution in [3.05, 3.63) is 24.0 Å². The van der Waals surface area contributed by atoms with E-state index in [1.165, 1.54) is 12.2 Å². The second kappa shape index (κ2) is 3.81. The van der Waals surface area contributed by atoms with Crippen molar-refractivity contribution in [2.75, 3.05) is 6.61 Å². The fourth-order valence-electron chi connectivity index (χ4n) is 1.16. The highest BCUT2D eigenvalue weighted by molar-refractivity contribution is 5.85. The van der Waals surface area contributed by atoms with Gasteiger partial charge in [-0.05, 0) is 25.2 Å². The van der Waals surface area contributed by atoms with E-state index in [9.17, 15) is 9.90 Å². The van der Waals surface area contributed by atoms with Gasteiger partial charge in [0.15, 0.2) is 5.54 Å². The van der Waals surface area contributed by atoms with Crippen molar-refractivity contribution in [1.29, 1.82) is 0 Å². The first-order chi connectivity index (χ1) is 6.50. The molecule has 5 nitrogen and oxygen atoms in total. The molecule has 1 aliphatic rings. The first-order valence-corrected chi connectivity index (χ1v) is 4.25. The summed E-state index contributed by atoms with van der Waals surface area (Å²) in [5, 5.41) is 18.6. The number of carbonyl (C=O) groups excluding carboxylic acids is 1. The maximum atomic E-state index is 11.4. The van der Waals surface area contributed by atoms with E-state index in [0.717, 1.165) is 6.08 Å². The molecule has 0 radical (unpaired) electrons. The van der Waals surface area contributed by atoms with Crippen molar-refractivity contribution in [3.63, 3.8) is 0 Å². The van der Waals surface area contributed by atoms with Crippen molar-refractivity contribution in [3.8, 4) is 0 Å². The number of ether oxygens (including phenoxy) is 1. The zero-order valence-corrected chi connectivity index (χ0v) is 7.80. The molecule has 0 amide bonds. The lowest BCUT2D eigenvalue weighted by Crippen LogP contribution is -2.57. The third-order valence-electron chi connectivity index (χ3n) is 1.95. The smallest absolute Gasteiger partial charge is 0.333 e. The van der Waals surface area contributed by atoms with Crippen molar-refractivity contribution in [2.45, 2.75) is 18.6 Å². The molecule has 0 bridgehead atoms. The minimum Gasteiger partial charge on any atom is -0.508 e. The molecule has 2 atom stereocenters. The van der Waals surface area contributed by atoms with Gasteiger partial charge in [0.2, 0.25) is 0 Å². The lowest BCUT2D eigenvalue weighted by molar-refractivity contribution is -0.150. The van der Waals surface area contributed by atoms with Crippen LogP contribution in [-0.4, -0.2) is 34.4 Å². The molecule has 2 unspecified atom stereocenters. The molecule has 0 saturated heterocycles. The fraction of sp³-hybridized carbons (Fsp3) is 0.444. The maximum Gasteiger partial charge on any atom is 0.333 e. The van der Waals surface area contributed by atoms with Gasteiger partial charge in [0.05, 0.1) is 6.61 Å². The van der Waals surface area contributed by atoms with E-state index in [2.05, 4.69) is 4.74 Å². The molecule has 0 heterocycles. The Morgan fingerprint density at radius 1 is 1.79 bits per heavy atom. The summed E-state index contributed by atoms with van der Waals surface area (Å²) in [6, 6.07) is 0. The predicted molar refractivity (Wildman–Crippen MR) is 49.4 cm³/mol. The average molecular weight is 199 g/mol. The number of esters is 1. The van der Waals surface area contributed by atoms with Crippen LogP contribution in [0.5, 0.6) is 0 Å². The number of hydrogen-bond acceptors (Lipinski definition) is 5. The zero-order chi connectivity index (χ0) is 10.8. The Morgan fingerprint density at radius 2 is 2.43 bits per heavy atom. The average Bonchev–Trinajstić information content (AvgIpc) is 2.12. The molecule has 0 fully saturated rings. The van der Waals surface area contributed by atoms with E-state index in [-0.39, 0.29) is 12.4 Å². The van der Waals surface area contributed by atoms with Crippen LogP contribution in [0.2, 0.25) is 0 Å². The topological polar surface area (TPSA) is 92.8 Å². The predicted octanol–water partition coefficient (Wildman–Crippen LogP) is -0.380. The molecular formula is C9H13NO4. The van der Waals surface area contributed by atoms with Gasteiger partial charge in [-0.1, -0.05) is 0 Å². The molecule has 5 heteroatoms. The summed E-state index contributed by atoms with van der Waals surface area (Å²) < 4.78 is 4.69. The van der Waals surface area contributed by atoms with E-state index in [0.29, 0.717) is 0 Å². The summed E-state index contributed by atoms with van der Waals surface area (Å²) in [5.74, 6) is -0.922. The van der Waals surface area contributed by atoms with Gasteiger partial charge in [-0.25, -0.2) is 4.79 Å². The summed E-state index contributed by atoms with van der Waals surface area (Å²) in [4.78, 5) is 11.4. The Morgan fingerprint density at radius 3 is 3.00 bits per heavy atom. The highest BCUT2D eigenvalue weighted by Crippen LogP contribution is 2.20. The number of carbonyl (C=O) groups is 1. The SMILES string of the molecule is CCOC(=O)C1(N)C=C(O)C=CC1O. The quantitative estimate of drug-likeness (QED) is 0.527. The molecule has 0 aromatic rings. The van der Waals surface area contributed by atoms with Crippen molar-refractivity contribution in [1.82, 2.24) is 0 Å². The summed E-state index contributed by atoms with van der Waals surface area (Å²) in [7, 11) is 0. The molecule has 0 saturated carbocycles. The number of hydrogen-bond donors (Lipinski definition) is 3. The molecule has 0 aromatic heterocycles. The van der Waals surface area contributed by atoms with Gasteiger partial charge in [0.25, 0.3) is 0 Å². The van der Waals surface area contributed by atoms with Crippen LogP contribution in [0.15, 0.2) is 24.0 Å². The van der Waals surface area contributed by atoms with Crippen LogP contribution >= 0.6 is 0 Å². The van der Waals surface area contributed by atoms with Gasteiger partial charge >= 0.3 is 5.97 Å².